The normalized spacial score (nSPS) is 21.6. The molecule has 1 saturated carbocycles. The topological polar surface area (TPSA) is 58.6 Å². The molecule has 2 N–H and O–H groups in total. The van der Waals surface area contributed by atoms with E-state index in [2.05, 4.69) is 12.2 Å². The summed E-state index contributed by atoms with van der Waals surface area (Å²) in [4.78, 5) is 11.6. The van der Waals surface area contributed by atoms with Crippen LogP contribution in [-0.2, 0) is 11.2 Å². The molecule has 0 unspecified atom stereocenters. The SMILES string of the molecule is CCc1ccc(OCC(=O)NCC2CC(O)C2)cc1. The quantitative estimate of drug-likeness (QED) is 0.818. The van der Waals surface area contributed by atoms with E-state index in [0.29, 0.717) is 18.2 Å². The molecule has 1 aliphatic rings. The Bertz CT molecular complexity index is 410. The number of carbonyl (C=O) groups is 1. The number of aryl methyl sites for hydroxylation is 1. The van der Waals surface area contributed by atoms with Gasteiger partial charge in [0, 0.05) is 6.54 Å². The van der Waals surface area contributed by atoms with Crippen molar-refractivity contribution in [3.63, 3.8) is 0 Å². The molecule has 0 aromatic heterocycles. The van der Waals surface area contributed by atoms with Gasteiger partial charge in [-0.15, -0.1) is 0 Å². The van der Waals surface area contributed by atoms with Gasteiger partial charge < -0.3 is 15.2 Å². The predicted molar refractivity (Wildman–Crippen MR) is 73.1 cm³/mol. The third-order valence-electron chi connectivity index (χ3n) is 3.50. The smallest absolute Gasteiger partial charge is 0.257 e. The summed E-state index contributed by atoms with van der Waals surface area (Å²) < 4.78 is 5.41. The van der Waals surface area contributed by atoms with Crippen LogP contribution in [0.15, 0.2) is 24.3 Å². The summed E-state index contributed by atoms with van der Waals surface area (Å²) in [5.41, 5.74) is 1.25. The number of hydrogen-bond donors (Lipinski definition) is 2. The van der Waals surface area contributed by atoms with Gasteiger partial charge in [-0.2, -0.15) is 0 Å². The zero-order valence-electron chi connectivity index (χ0n) is 11.3. The van der Waals surface area contributed by atoms with E-state index in [-0.39, 0.29) is 18.6 Å². The lowest BCUT2D eigenvalue weighted by molar-refractivity contribution is -0.123. The lowest BCUT2D eigenvalue weighted by Crippen LogP contribution is -2.39. The van der Waals surface area contributed by atoms with Crippen molar-refractivity contribution in [2.45, 2.75) is 32.3 Å². The highest BCUT2D eigenvalue weighted by Crippen LogP contribution is 2.25. The average Bonchev–Trinajstić information content (AvgIpc) is 2.40. The molecule has 1 aliphatic carbocycles. The molecule has 0 aliphatic heterocycles. The third-order valence-corrected chi connectivity index (χ3v) is 3.50. The first kappa shape index (κ1) is 13.9. The second kappa shape index (κ2) is 6.57. The summed E-state index contributed by atoms with van der Waals surface area (Å²) in [6.45, 7) is 2.77. The fraction of sp³-hybridized carbons (Fsp3) is 0.533. The van der Waals surface area contributed by atoms with Gasteiger partial charge in [-0.05, 0) is 42.9 Å². The van der Waals surface area contributed by atoms with Crippen molar-refractivity contribution < 1.29 is 14.6 Å². The van der Waals surface area contributed by atoms with E-state index in [9.17, 15) is 4.79 Å². The Balaban J connectivity index is 1.65. The maximum atomic E-state index is 11.6. The van der Waals surface area contributed by atoms with Crippen molar-refractivity contribution in [3.8, 4) is 5.75 Å². The molecule has 104 valence electrons. The largest absolute Gasteiger partial charge is 0.484 e. The van der Waals surface area contributed by atoms with E-state index in [0.717, 1.165) is 19.3 Å². The van der Waals surface area contributed by atoms with Crippen LogP contribution >= 0.6 is 0 Å². The lowest BCUT2D eigenvalue weighted by Gasteiger charge is -2.31. The number of carbonyl (C=O) groups excluding carboxylic acids is 1. The van der Waals surface area contributed by atoms with Gasteiger partial charge in [0.25, 0.3) is 5.91 Å². The van der Waals surface area contributed by atoms with Crippen molar-refractivity contribution >= 4 is 5.91 Å². The average molecular weight is 263 g/mol. The lowest BCUT2D eigenvalue weighted by atomic mass is 9.82. The highest BCUT2D eigenvalue weighted by molar-refractivity contribution is 5.77. The molecule has 1 aromatic rings. The minimum absolute atomic E-state index is 0.0424. The summed E-state index contributed by atoms with van der Waals surface area (Å²) >= 11 is 0. The summed E-state index contributed by atoms with van der Waals surface area (Å²) in [6, 6.07) is 7.77. The molecule has 0 saturated heterocycles. The molecular formula is C15H21NO3. The van der Waals surface area contributed by atoms with Crippen molar-refractivity contribution in [2.24, 2.45) is 5.92 Å². The Morgan fingerprint density at radius 2 is 2.05 bits per heavy atom. The molecule has 1 aromatic carbocycles. The van der Waals surface area contributed by atoms with E-state index in [1.165, 1.54) is 5.56 Å². The second-order valence-electron chi connectivity index (χ2n) is 5.08. The van der Waals surface area contributed by atoms with Gasteiger partial charge in [0.2, 0.25) is 0 Å². The van der Waals surface area contributed by atoms with Crippen LogP contribution in [0.1, 0.15) is 25.3 Å². The molecule has 2 rings (SSSR count). The van der Waals surface area contributed by atoms with Crippen molar-refractivity contribution in [1.82, 2.24) is 5.32 Å². The second-order valence-corrected chi connectivity index (χ2v) is 5.08. The van der Waals surface area contributed by atoms with E-state index >= 15 is 0 Å². The van der Waals surface area contributed by atoms with Gasteiger partial charge in [0.1, 0.15) is 5.75 Å². The third kappa shape index (κ3) is 4.24. The van der Waals surface area contributed by atoms with Crippen LogP contribution in [0.2, 0.25) is 0 Å². The highest BCUT2D eigenvalue weighted by Gasteiger charge is 2.27. The number of amides is 1. The number of ether oxygens (including phenoxy) is 1. The van der Waals surface area contributed by atoms with Crippen molar-refractivity contribution in [2.75, 3.05) is 13.2 Å². The van der Waals surface area contributed by atoms with Crippen LogP contribution in [0.3, 0.4) is 0 Å². The Kier molecular flexibility index (Phi) is 4.80. The van der Waals surface area contributed by atoms with Gasteiger partial charge in [-0.1, -0.05) is 19.1 Å². The monoisotopic (exact) mass is 263 g/mol. The summed E-state index contributed by atoms with van der Waals surface area (Å²) in [7, 11) is 0. The van der Waals surface area contributed by atoms with Crippen molar-refractivity contribution in [3.05, 3.63) is 29.8 Å². The Labute approximate surface area is 113 Å². The molecule has 19 heavy (non-hydrogen) atoms. The van der Waals surface area contributed by atoms with Crippen LogP contribution < -0.4 is 10.1 Å². The van der Waals surface area contributed by atoms with Crippen LogP contribution in [0, 0.1) is 5.92 Å². The molecular weight excluding hydrogens is 242 g/mol. The molecule has 0 atom stereocenters. The van der Waals surface area contributed by atoms with Gasteiger partial charge in [-0.25, -0.2) is 0 Å². The maximum absolute atomic E-state index is 11.6. The standard InChI is InChI=1S/C15H21NO3/c1-2-11-3-5-14(6-4-11)19-10-15(18)16-9-12-7-13(17)8-12/h3-6,12-13,17H,2,7-10H2,1H3,(H,16,18). The molecule has 0 spiro atoms. The molecule has 0 radical (unpaired) electrons. The minimum atomic E-state index is -0.171. The first-order valence-corrected chi connectivity index (χ1v) is 6.84. The number of hydrogen-bond acceptors (Lipinski definition) is 3. The number of aliphatic hydroxyl groups is 1. The van der Waals surface area contributed by atoms with Crippen LogP contribution in [0.25, 0.3) is 0 Å². The Morgan fingerprint density at radius 1 is 1.37 bits per heavy atom. The number of aliphatic hydroxyl groups excluding tert-OH is 1. The van der Waals surface area contributed by atoms with E-state index in [1.807, 2.05) is 24.3 Å². The zero-order chi connectivity index (χ0) is 13.7. The summed E-state index contributed by atoms with van der Waals surface area (Å²) in [6.07, 6.45) is 2.41. The maximum Gasteiger partial charge on any atom is 0.257 e. The molecule has 0 bridgehead atoms. The molecule has 4 nitrogen and oxygen atoms in total. The van der Waals surface area contributed by atoms with Crippen LogP contribution in [0.4, 0.5) is 0 Å². The van der Waals surface area contributed by atoms with E-state index in [1.54, 1.807) is 0 Å². The fourth-order valence-electron chi connectivity index (χ4n) is 2.15. The number of benzene rings is 1. The predicted octanol–water partition coefficient (Wildman–Crippen LogP) is 1.51. The molecule has 1 fully saturated rings. The minimum Gasteiger partial charge on any atom is -0.484 e. The number of nitrogens with one attached hydrogen (secondary N) is 1. The zero-order valence-corrected chi connectivity index (χ0v) is 11.3. The van der Waals surface area contributed by atoms with Crippen LogP contribution in [-0.4, -0.2) is 30.3 Å². The van der Waals surface area contributed by atoms with Gasteiger partial charge in [-0.3, -0.25) is 4.79 Å². The Hall–Kier alpha value is -1.55. The molecule has 1 amide bonds. The van der Waals surface area contributed by atoms with E-state index < -0.39 is 0 Å². The molecule has 0 heterocycles. The van der Waals surface area contributed by atoms with Crippen molar-refractivity contribution in [1.29, 1.82) is 0 Å². The Morgan fingerprint density at radius 3 is 2.63 bits per heavy atom. The van der Waals surface area contributed by atoms with Crippen LogP contribution in [0.5, 0.6) is 5.75 Å². The molecule has 4 heteroatoms. The first-order valence-electron chi connectivity index (χ1n) is 6.84. The van der Waals surface area contributed by atoms with Gasteiger partial charge >= 0.3 is 0 Å². The first-order chi connectivity index (χ1) is 9.17. The number of rotatable bonds is 6. The fourth-order valence-corrected chi connectivity index (χ4v) is 2.15. The van der Waals surface area contributed by atoms with Gasteiger partial charge in [0.15, 0.2) is 6.61 Å². The van der Waals surface area contributed by atoms with E-state index in [4.69, 9.17) is 9.84 Å². The highest BCUT2D eigenvalue weighted by atomic mass is 16.5. The van der Waals surface area contributed by atoms with Gasteiger partial charge in [0.05, 0.1) is 6.10 Å². The summed E-state index contributed by atoms with van der Waals surface area (Å²) in [5, 5.41) is 12.0. The summed E-state index contributed by atoms with van der Waals surface area (Å²) in [5.74, 6) is 1.02.